The predicted octanol–water partition coefficient (Wildman–Crippen LogP) is 4.43. The van der Waals surface area contributed by atoms with E-state index in [1.807, 2.05) is 36.4 Å². The molecule has 0 fully saturated rings. The number of rotatable bonds is 8. The van der Waals surface area contributed by atoms with Crippen molar-refractivity contribution in [1.82, 2.24) is 14.9 Å². The van der Waals surface area contributed by atoms with Crippen LogP contribution in [0.3, 0.4) is 0 Å². The number of esters is 1. The number of thiazole rings is 1. The van der Waals surface area contributed by atoms with Gasteiger partial charge in [0, 0.05) is 27.2 Å². The van der Waals surface area contributed by atoms with Crippen LogP contribution in [0.2, 0.25) is 0 Å². The summed E-state index contributed by atoms with van der Waals surface area (Å²) in [6.07, 6.45) is 0.205. The third kappa shape index (κ3) is 5.14. The number of ketones is 1. The van der Waals surface area contributed by atoms with Gasteiger partial charge in [-0.25, -0.2) is 4.98 Å². The molecule has 2 aromatic heterocycles. The van der Waals surface area contributed by atoms with Gasteiger partial charge in [0.2, 0.25) is 0 Å². The molecule has 2 heterocycles. The first-order valence-electron chi connectivity index (χ1n) is 11.1. The summed E-state index contributed by atoms with van der Waals surface area (Å²) in [5.41, 5.74) is 1.91. The van der Waals surface area contributed by atoms with Gasteiger partial charge < -0.3 is 10.1 Å². The lowest BCUT2D eigenvalue weighted by Gasteiger charge is -2.19. The van der Waals surface area contributed by atoms with Crippen molar-refractivity contribution in [3.63, 3.8) is 0 Å². The van der Waals surface area contributed by atoms with Gasteiger partial charge in [-0.3, -0.25) is 23.7 Å². The molecule has 1 N–H and O–H groups in total. The Balaban J connectivity index is 1.86. The van der Waals surface area contributed by atoms with Crippen molar-refractivity contribution >= 4 is 55.7 Å². The van der Waals surface area contributed by atoms with Crippen molar-refractivity contribution in [3.8, 4) is 11.1 Å². The third-order valence-corrected chi connectivity index (χ3v) is 6.95. The highest BCUT2D eigenvalue weighted by molar-refractivity contribution is 9.10. The maximum absolute atomic E-state index is 13.7. The van der Waals surface area contributed by atoms with Gasteiger partial charge in [0.1, 0.15) is 6.54 Å². The fraction of sp³-hybridized carbons (Fsp3) is 0.192. The van der Waals surface area contributed by atoms with E-state index in [1.54, 1.807) is 24.4 Å². The van der Waals surface area contributed by atoms with Gasteiger partial charge in [-0.2, -0.15) is 0 Å². The lowest BCUT2D eigenvalue weighted by atomic mass is 9.94. The van der Waals surface area contributed by atoms with Crippen LogP contribution in [0.4, 0.5) is 0 Å². The van der Waals surface area contributed by atoms with Crippen LogP contribution in [0.25, 0.3) is 21.9 Å². The molecule has 0 bridgehead atoms. The Morgan fingerprint density at radius 3 is 2.56 bits per heavy atom. The summed E-state index contributed by atoms with van der Waals surface area (Å²) in [7, 11) is 1.23. The Bertz CT molecular complexity index is 1530. The SMILES string of the molecule is CCC(=O)c1c(-c2ccccc2)c2cc(Br)ccc2c(=O)n1Cc1csc(C(=O)NCC(=O)OC)n1. The van der Waals surface area contributed by atoms with E-state index in [9.17, 15) is 19.2 Å². The van der Waals surface area contributed by atoms with Crippen LogP contribution < -0.4 is 10.9 Å². The Morgan fingerprint density at radius 2 is 1.86 bits per heavy atom. The van der Waals surface area contributed by atoms with Gasteiger partial charge in [0.25, 0.3) is 11.5 Å². The number of pyridine rings is 1. The normalized spacial score (nSPS) is 10.9. The summed E-state index contributed by atoms with van der Waals surface area (Å²) in [6, 6.07) is 14.8. The first kappa shape index (κ1) is 25.5. The topological polar surface area (TPSA) is 107 Å². The van der Waals surface area contributed by atoms with Crippen LogP contribution >= 0.6 is 27.3 Å². The molecule has 36 heavy (non-hydrogen) atoms. The zero-order valence-electron chi connectivity index (χ0n) is 19.5. The summed E-state index contributed by atoms with van der Waals surface area (Å²) < 4.78 is 6.76. The Hall–Kier alpha value is -3.63. The average molecular weight is 568 g/mol. The van der Waals surface area contributed by atoms with Crippen LogP contribution in [0.1, 0.15) is 39.3 Å². The molecule has 0 radical (unpaired) electrons. The fourth-order valence-electron chi connectivity index (χ4n) is 3.87. The summed E-state index contributed by atoms with van der Waals surface area (Å²) >= 11 is 4.57. The van der Waals surface area contributed by atoms with Crippen molar-refractivity contribution < 1.29 is 19.1 Å². The molecule has 184 valence electrons. The number of halogens is 1. The standard InChI is InChI=1S/C26H22BrN3O5S/c1-3-20(31)23-22(15-7-5-4-6-8-15)19-11-16(27)9-10-18(19)26(34)30(23)13-17-14-36-25(29-17)24(33)28-12-21(32)35-2/h4-11,14H,3,12-13H2,1-2H3,(H,28,33). The second kappa shape index (κ2) is 11.0. The van der Waals surface area contributed by atoms with Crippen molar-refractivity contribution in [1.29, 1.82) is 0 Å². The lowest BCUT2D eigenvalue weighted by molar-refractivity contribution is -0.139. The van der Waals surface area contributed by atoms with Gasteiger partial charge in [-0.05, 0) is 29.1 Å². The minimum absolute atomic E-state index is 0.00647. The number of hydrogen-bond acceptors (Lipinski definition) is 7. The zero-order valence-corrected chi connectivity index (χ0v) is 21.9. The quantitative estimate of drug-likeness (QED) is 0.249. The fourth-order valence-corrected chi connectivity index (χ4v) is 4.96. The zero-order chi connectivity index (χ0) is 25.8. The first-order chi connectivity index (χ1) is 17.3. The van der Waals surface area contributed by atoms with Crippen molar-refractivity contribution in [3.05, 3.63) is 85.1 Å². The molecule has 8 nitrogen and oxygen atoms in total. The second-order valence-corrected chi connectivity index (χ2v) is 9.62. The van der Waals surface area contributed by atoms with E-state index in [1.165, 1.54) is 11.7 Å². The molecule has 0 aliphatic heterocycles. The van der Waals surface area contributed by atoms with Crippen molar-refractivity contribution in [2.24, 2.45) is 0 Å². The number of nitrogens with zero attached hydrogens (tertiary/aromatic N) is 2. The van der Waals surface area contributed by atoms with Gasteiger partial charge in [-0.1, -0.05) is 53.2 Å². The van der Waals surface area contributed by atoms with Gasteiger partial charge >= 0.3 is 5.97 Å². The molecule has 2 aromatic carbocycles. The third-order valence-electron chi connectivity index (χ3n) is 5.57. The molecule has 4 rings (SSSR count). The van der Waals surface area contributed by atoms with E-state index in [4.69, 9.17) is 0 Å². The summed E-state index contributed by atoms with van der Waals surface area (Å²) in [5, 5.41) is 5.39. The van der Waals surface area contributed by atoms with E-state index in [-0.39, 0.29) is 35.9 Å². The molecular formula is C26H22BrN3O5S. The van der Waals surface area contributed by atoms with Crippen LogP contribution in [0.15, 0.2) is 63.2 Å². The highest BCUT2D eigenvalue weighted by atomic mass is 79.9. The second-order valence-electron chi connectivity index (χ2n) is 7.85. The van der Waals surface area contributed by atoms with E-state index in [0.29, 0.717) is 27.7 Å². The number of nitrogens with one attached hydrogen (secondary N) is 1. The smallest absolute Gasteiger partial charge is 0.325 e. The summed E-state index contributed by atoms with van der Waals surface area (Å²) in [6.45, 7) is 1.48. The van der Waals surface area contributed by atoms with Crippen LogP contribution in [-0.2, 0) is 16.1 Å². The average Bonchev–Trinajstić information content (AvgIpc) is 3.37. The van der Waals surface area contributed by atoms with Gasteiger partial charge in [-0.15, -0.1) is 11.3 Å². The highest BCUT2D eigenvalue weighted by Gasteiger charge is 2.23. The number of carbonyl (C=O) groups excluding carboxylic acids is 3. The minimum Gasteiger partial charge on any atom is -0.468 e. The molecule has 4 aromatic rings. The first-order valence-corrected chi connectivity index (χ1v) is 12.7. The van der Waals surface area contributed by atoms with Crippen LogP contribution in [0, 0.1) is 0 Å². The summed E-state index contributed by atoms with van der Waals surface area (Å²) in [4.78, 5) is 55.0. The van der Waals surface area contributed by atoms with Crippen molar-refractivity contribution in [2.75, 3.05) is 13.7 Å². The van der Waals surface area contributed by atoms with Gasteiger partial charge in [0.05, 0.1) is 25.0 Å². The van der Waals surface area contributed by atoms with E-state index < -0.39 is 11.9 Å². The number of fused-ring (bicyclic) bond motifs is 1. The number of ether oxygens (including phenoxy) is 1. The molecule has 0 aliphatic rings. The maximum atomic E-state index is 13.7. The maximum Gasteiger partial charge on any atom is 0.325 e. The molecular weight excluding hydrogens is 546 g/mol. The molecule has 10 heteroatoms. The Kier molecular flexibility index (Phi) is 7.76. The largest absolute Gasteiger partial charge is 0.468 e. The highest BCUT2D eigenvalue weighted by Crippen LogP contribution is 2.33. The number of Topliss-reactive ketones (excluding diaryl/α,β-unsaturated/α-hetero) is 1. The number of hydrogen-bond donors (Lipinski definition) is 1. The monoisotopic (exact) mass is 567 g/mol. The molecule has 0 atom stereocenters. The number of methoxy groups -OCH3 is 1. The molecule has 0 spiro atoms. The Morgan fingerprint density at radius 1 is 1.11 bits per heavy atom. The van der Waals surface area contributed by atoms with Crippen LogP contribution in [-0.4, -0.2) is 40.9 Å². The number of benzene rings is 2. The van der Waals surface area contributed by atoms with Crippen molar-refractivity contribution in [2.45, 2.75) is 19.9 Å². The number of amides is 1. The van der Waals surface area contributed by atoms with E-state index >= 15 is 0 Å². The molecule has 0 saturated heterocycles. The molecule has 0 unspecified atom stereocenters. The van der Waals surface area contributed by atoms with E-state index in [0.717, 1.165) is 21.4 Å². The Labute approximate surface area is 219 Å². The van der Waals surface area contributed by atoms with Gasteiger partial charge in [0.15, 0.2) is 10.8 Å². The van der Waals surface area contributed by atoms with Crippen LogP contribution in [0.5, 0.6) is 0 Å². The summed E-state index contributed by atoms with van der Waals surface area (Å²) in [5.74, 6) is -1.29. The van der Waals surface area contributed by atoms with E-state index in [2.05, 4.69) is 31.0 Å². The predicted molar refractivity (Wildman–Crippen MR) is 142 cm³/mol. The molecule has 0 saturated carbocycles. The minimum atomic E-state index is -0.578. The number of aromatic nitrogens is 2. The number of carbonyl (C=O) groups is 3. The molecule has 1 amide bonds. The molecule has 0 aliphatic carbocycles. The lowest BCUT2D eigenvalue weighted by Crippen LogP contribution is -2.30.